The molecule has 0 radical (unpaired) electrons. The van der Waals surface area contributed by atoms with Gasteiger partial charge in [0.25, 0.3) is 0 Å². The normalized spacial score (nSPS) is 12.2. The summed E-state index contributed by atoms with van der Waals surface area (Å²) in [5.41, 5.74) is 0.988. The van der Waals surface area contributed by atoms with Crippen molar-refractivity contribution in [3.8, 4) is 0 Å². The minimum absolute atomic E-state index is 0.199. The standard InChI is InChI=1S/C17H22N2O3S/c1-2-3-7-13(17(21)22)18-15(20)10-6-11-16-19-12-8-4-5-9-14(12)23-16/h4-5,8-9,13H,2-3,6-7,10-11H2,1H3,(H,18,20)(H,21,22). The number of aryl methyl sites for hydroxylation is 1. The Kier molecular flexibility index (Phi) is 6.52. The molecule has 0 spiro atoms. The van der Waals surface area contributed by atoms with E-state index in [2.05, 4.69) is 10.3 Å². The zero-order valence-corrected chi connectivity index (χ0v) is 14.1. The molecule has 1 unspecified atom stereocenters. The summed E-state index contributed by atoms with van der Waals surface area (Å²) in [4.78, 5) is 27.5. The van der Waals surface area contributed by atoms with Gasteiger partial charge in [0.2, 0.25) is 5.91 Å². The Morgan fingerprint density at radius 2 is 2.09 bits per heavy atom. The number of unbranched alkanes of at least 4 members (excludes halogenated alkanes) is 1. The summed E-state index contributed by atoms with van der Waals surface area (Å²) < 4.78 is 1.15. The van der Waals surface area contributed by atoms with Crippen LogP contribution in [0.4, 0.5) is 0 Å². The molecular weight excluding hydrogens is 312 g/mol. The number of benzene rings is 1. The van der Waals surface area contributed by atoms with Crippen LogP contribution in [0, 0.1) is 0 Å². The van der Waals surface area contributed by atoms with Crippen LogP contribution in [0.15, 0.2) is 24.3 Å². The summed E-state index contributed by atoms with van der Waals surface area (Å²) in [6, 6.07) is 7.19. The molecule has 23 heavy (non-hydrogen) atoms. The zero-order valence-electron chi connectivity index (χ0n) is 13.2. The molecule has 2 aromatic rings. The van der Waals surface area contributed by atoms with E-state index in [1.807, 2.05) is 31.2 Å². The third-order valence-corrected chi connectivity index (χ3v) is 4.71. The number of nitrogens with zero attached hydrogens (tertiary/aromatic N) is 1. The van der Waals surface area contributed by atoms with Gasteiger partial charge >= 0.3 is 5.97 Å². The van der Waals surface area contributed by atoms with Gasteiger partial charge in [0, 0.05) is 6.42 Å². The Balaban J connectivity index is 1.78. The third-order valence-electron chi connectivity index (χ3n) is 3.61. The second-order valence-electron chi connectivity index (χ2n) is 5.53. The van der Waals surface area contributed by atoms with E-state index in [1.54, 1.807) is 11.3 Å². The maximum absolute atomic E-state index is 11.9. The number of carbonyl (C=O) groups is 2. The largest absolute Gasteiger partial charge is 0.480 e. The monoisotopic (exact) mass is 334 g/mol. The molecule has 0 saturated heterocycles. The topological polar surface area (TPSA) is 79.3 Å². The highest BCUT2D eigenvalue weighted by Crippen LogP contribution is 2.22. The second-order valence-corrected chi connectivity index (χ2v) is 6.64. The Hall–Kier alpha value is -1.95. The molecule has 0 aliphatic rings. The summed E-state index contributed by atoms with van der Waals surface area (Å²) in [6.07, 6.45) is 3.92. The van der Waals surface area contributed by atoms with E-state index in [4.69, 9.17) is 5.11 Å². The van der Waals surface area contributed by atoms with Gasteiger partial charge in [-0.2, -0.15) is 0 Å². The highest BCUT2D eigenvalue weighted by Gasteiger charge is 2.18. The van der Waals surface area contributed by atoms with Crippen LogP contribution >= 0.6 is 11.3 Å². The second kappa shape index (κ2) is 8.62. The molecule has 0 bridgehead atoms. The number of carboxylic acid groups (broad SMARTS) is 1. The summed E-state index contributed by atoms with van der Waals surface area (Å²) in [7, 11) is 0. The van der Waals surface area contributed by atoms with E-state index >= 15 is 0 Å². The highest BCUT2D eigenvalue weighted by atomic mass is 32.1. The number of aliphatic carboxylic acids is 1. The fourth-order valence-electron chi connectivity index (χ4n) is 2.36. The Morgan fingerprint density at radius 1 is 1.30 bits per heavy atom. The molecule has 1 atom stereocenters. The molecule has 6 heteroatoms. The lowest BCUT2D eigenvalue weighted by atomic mass is 10.1. The number of para-hydroxylation sites is 1. The molecule has 1 heterocycles. The fourth-order valence-corrected chi connectivity index (χ4v) is 3.37. The Bertz CT molecular complexity index is 636. The van der Waals surface area contributed by atoms with Crippen molar-refractivity contribution >= 4 is 33.4 Å². The van der Waals surface area contributed by atoms with Crippen molar-refractivity contribution in [1.82, 2.24) is 10.3 Å². The van der Waals surface area contributed by atoms with Gasteiger partial charge in [-0.05, 0) is 31.4 Å². The van der Waals surface area contributed by atoms with Crippen molar-refractivity contribution < 1.29 is 14.7 Å². The lowest BCUT2D eigenvalue weighted by Gasteiger charge is -2.13. The molecule has 5 nitrogen and oxygen atoms in total. The summed E-state index contributed by atoms with van der Waals surface area (Å²) >= 11 is 1.64. The van der Waals surface area contributed by atoms with E-state index in [-0.39, 0.29) is 5.91 Å². The van der Waals surface area contributed by atoms with Gasteiger partial charge < -0.3 is 10.4 Å². The fraction of sp³-hybridized carbons (Fsp3) is 0.471. The summed E-state index contributed by atoms with van der Waals surface area (Å²) in [5, 5.41) is 12.7. The van der Waals surface area contributed by atoms with Crippen molar-refractivity contribution in [3.05, 3.63) is 29.3 Å². The minimum atomic E-state index is -0.960. The van der Waals surface area contributed by atoms with Crippen LogP contribution in [0.25, 0.3) is 10.2 Å². The van der Waals surface area contributed by atoms with Crippen LogP contribution in [0.3, 0.4) is 0 Å². The predicted molar refractivity (Wildman–Crippen MR) is 91.6 cm³/mol. The molecule has 0 aliphatic carbocycles. The first-order valence-electron chi connectivity index (χ1n) is 7.96. The van der Waals surface area contributed by atoms with Crippen LogP contribution < -0.4 is 5.32 Å². The minimum Gasteiger partial charge on any atom is -0.480 e. The molecule has 1 aromatic heterocycles. The van der Waals surface area contributed by atoms with E-state index in [0.29, 0.717) is 19.3 Å². The van der Waals surface area contributed by atoms with Gasteiger partial charge in [0.15, 0.2) is 0 Å². The molecule has 0 aliphatic heterocycles. The quantitative estimate of drug-likeness (QED) is 0.737. The molecule has 2 N–H and O–H groups in total. The number of aromatic nitrogens is 1. The first-order chi connectivity index (χ1) is 11.1. The molecule has 1 amide bonds. The van der Waals surface area contributed by atoms with Crippen molar-refractivity contribution in [2.75, 3.05) is 0 Å². The van der Waals surface area contributed by atoms with Gasteiger partial charge in [-0.1, -0.05) is 31.9 Å². The zero-order chi connectivity index (χ0) is 16.7. The first kappa shape index (κ1) is 17.4. The molecule has 2 rings (SSSR count). The molecule has 1 aromatic carbocycles. The predicted octanol–water partition coefficient (Wildman–Crippen LogP) is 3.38. The van der Waals surface area contributed by atoms with Crippen LogP contribution in [-0.2, 0) is 16.0 Å². The van der Waals surface area contributed by atoms with Crippen molar-refractivity contribution in [3.63, 3.8) is 0 Å². The van der Waals surface area contributed by atoms with E-state index in [0.717, 1.165) is 34.5 Å². The number of hydrogen-bond acceptors (Lipinski definition) is 4. The molecule has 0 fully saturated rings. The first-order valence-corrected chi connectivity index (χ1v) is 8.78. The smallest absolute Gasteiger partial charge is 0.326 e. The van der Waals surface area contributed by atoms with Gasteiger partial charge in [0.1, 0.15) is 6.04 Å². The van der Waals surface area contributed by atoms with Crippen molar-refractivity contribution in [1.29, 1.82) is 0 Å². The highest BCUT2D eigenvalue weighted by molar-refractivity contribution is 7.18. The lowest BCUT2D eigenvalue weighted by molar-refractivity contribution is -0.142. The Labute approximate surface area is 139 Å². The van der Waals surface area contributed by atoms with Gasteiger partial charge in [-0.3, -0.25) is 4.79 Å². The van der Waals surface area contributed by atoms with Crippen LogP contribution in [0.2, 0.25) is 0 Å². The number of thiazole rings is 1. The summed E-state index contributed by atoms with van der Waals surface area (Å²) in [6.45, 7) is 2.00. The molecule has 0 saturated carbocycles. The maximum atomic E-state index is 11.9. The average molecular weight is 334 g/mol. The van der Waals surface area contributed by atoms with Crippen LogP contribution in [-0.4, -0.2) is 28.0 Å². The van der Waals surface area contributed by atoms with Crippen LogP contribution in [0.1, 0.15) is 44.0 Å². The number of hydrogen-bond donors (Lipinski definition) is 2. The summed E-state index contributed by atoms with van der Waals surface area (Å²) in [5.74, 6) is -1.16. The van der Waals surface area contributed by atoms with Gasteiger partial charge in [-0.15, -0.1) is 11.3 Å². The van der Waals surface area contributed by atoms with Crippen molar-refractivity contribution in [2.24, 2.45) is 0 Å². The van der Waals surface area contributed by atoms with Gasteiger partial charge in [0.05, 0.1) is 15.2 Å². The maximum Gasteiger partial charge on any atom is 0.326 e. The lowest BCUT2D eigenvalue weighted by Crippen LogP contribution is -2.40. The van der Waals surface area contributed by atoms with Gasteiger partial charge in [-0.25, -0.2) is 9.78 Å². The van der Waals surface area contributed by atoms with E-state index < -0.39 is 12.0 Å². The number of fused-ring (bicyclic) bond motifs is 1. The molecular formula is C17H22N2O3S. The SMILES string of the molecule is CCCCC(NC(=O)CCCc1nc2ccccc2s1)C(=O)O. The third kappa shape index (κ3) is 5.32. The van der Waals surface area contributed by atoms with Crippen LogP contribution in [0.5, 0.6) is 0 Å². The van der Waals surface area contributed by atoms with Crippen molar-refractivity contribution in [2.45, 2.75) is 51.5 Å². The number of carbonyl (C=O) groups excluding carboxylic acids is 1. The number of carboxylic acids is 1. The molecule has 124 valence electrons. The number of rotatable bonds is 9. The number of nitrogens with one attached hydrogen (secondary N) is 1. The average Bonchev–Trinajstić information content (AvgIpc) is 2.93. The van der Waals surface area contributed by atoms with E-state index in [9.17, 15) is 9.59 Å². The van der Waals surface area contributed by atoms with E-state index in [1.165, 1.54) is 0 Å². The Morgan fingerprint density at radius 3 is 2.78 bits per heavy atom. The number of amides is 1.